The van der Waals surface area contributed by atoms with Crippen molar-refractivity contribution in [3.05, 3.63) is 90.1 Å². The van der Waals surface area contributed by atoms with E-state index in [4.69, 9.17) is 18.7 Å². The number of amides is 4. The van der Waals surface area contributed by atoms with Crippen molar-refractivity contribution in [2.75, 3.05) is 21.0 Å². The molecule has 3 aromatic rings. The van der Waals surface area contributed by atoms with Crippen LogP contribution in [0, 0.1) is 10.8 Å². The van der Waals surface area contributed by atoms with Gasteiger partial charge in [0, 0.05) is 17.8 Å². The Morgan fingerprint density at radius 3 is 1.72 bits per heavy atom. The normalized spacial score (nSPS) is 14.6. The van der Waals surface area contributed by atoms with E-state index in [1.54, 1.807) is 47.7 Å². The van der Waals surface area contributed by atoms with E-state index < -0.39 is 79.7 Å². The Kier molecular flexibility index (Phi) is 17.2. The lowest BCUT2D eigenvalue weighted by molar-refractivity contribution is -0.130. The van der Waals surface area contributed by atoms with Crippen LogP contribution in [0.3, 0.4) is 0 Å². The fourth-order valence-electron chi connectivity index (χ4n) is 6.04. The molecule has 57 heavy (non-hydrogen) atoms. The fraction of sp³-hybridized carbons (Fsp3) is 0.475. The third kappa shape index (κ3) is 15.9. The van der Waals surface area contributed by atoms with E-state index in [-0.39, 0.29) is 19.3 Å². The standard InChI is InChI=1S/C40H56N5O11P/c1-39(2,3)33(44-37(48)53-7)35(46)42-29(22-27-17-19-28(20-18-27)30-16-12-13-21-41-30)24-32(55-25-56-57(50,51)52)31(23-26-14-10-9-11-15-26)43-36(47)34(40(4,5)6)45-38(49)54-8/h9-21,29,31-34H,22-25H2,1-8H3,(H,42,46)(H,43,47)(H,44,48)(H,45,49)(H2,50,51,52)/t29?,31-,32-,33?,34+/m0/s1. The number of nitrogens with zero attached hydrogens (tertiary/aromatic N) is 1. The Balaban J connectivity index is 2.11. The fourth-order valence-corrected chi connectivity index (χ4v) is 6.23. The molecule has 0 bridgehead atoms. The van der Waals surface area contributed by atoms with Crippen molar-refractivity contribution >= 4 is 31.8 Å². The number of hydrogen-bond acceptors (Lipinski definition) is 10. The molecule has 0 saturated heterocycles. The lowest BCUT2D eigenvalue weighted by Crippen LogP contribution is -2.59. The molecular formula is C40H56N5O11P. The van der Waals surface area contributed by atoms with Crippen LogP contribution in [-0.2, 0) is 45.7 Å². The van der Waals surface area contributed by atoms with Gasteiger partial charge in [-0.1, -0.05) is 102 Å². The number of ether oxygens (including phenoxy) is 3. The number of benzene rings is 2. The van der Waals surface area contributed by atoms with Gasteiger partial charge in [0.25, 0.3) is 0 Å². The molecule has 16 nitrogen and oxygen atoms in total. The zero-order chi connectivity index (χ0) is 42.4. The molecule has 5 atom stereocenters. The van der Waals surface area contributed by atoms with Gasteiger partial charge in [-0.2, -0.15) is 0 Å². The minimum Gasteiger partial charge on any atom is -0.453 e. The number of carbonyl (C=O) groups excluding carboxylic acids is 4. The van der Waals surface area contributed by atoms with Crippen molar-refractivity contribution in [3.8, 4) is 11.3 Å². The van der Waals surface area contributed by atoms with E-state index in [2.05, 4.69) is 26.3 Å². The van der Waals surface area contributed by atoms with E-state index in [1.165, 1.54) is 14.2 Å². The summed E-state index contributed by atoms with van der Waals surface area (Å²) in [6.45, 7) is 9.77. The molecular weight excluding hydrogens is 757 g/mol. The van der Waals surface area contributed by atoms with Gasteiger partial charge in [-0.05, 0) is 53.4 Å². The maximum atomic E-state index is 14.1. The second-order valence-electron chi connectivity index (χ2n) is 15.7. The molecule has 1 heterocycles. The van der Waals surface area contributed by atoms with Gasteiger partial charge in [0.1, 0.15) is 12.1 Å². The van der Waals surface area contributed by atoms with Crippen molar-refractivity contribution in [1.82, 2.24) is 26.3 Å². The molecule has 3 rings (SSSR count). The number of carbonyl (C=O) groups is 4. The molecule has 312 valence electrons. The van der Waals surface area contributed by atoms with Gasteiger partial charge in [-0.25, -0.2) is 14.2 Å². The topological polar surface area (TPSA) is 224 Å². The van der Waals surface area contributed by atoms with Crippen molar-refractivity contribution in [2.45, 2.75) is 91.1 Å². The second-order valence-corrected chi connectivity index (χ2v) is 16.9. The van der Waals surface area contributed by atoms with Crippen molar-refractivity contribution in [2.24, 2.45) is 10.8 Å². The van der Waals surface area contributed by atoms with Crippen LogP contribution in [0.25, 0.3) is 11.3 Å². The minimum atomic E-state index is -4.99. The molecule has 0 aliphatic carbocycles. The van der Waals surface area contributed by atoms with Crippen LogP contribution in [0.15, 0.2) is 79.0 Å². The number of pyridine rings is 1. The maximum absolute atomic E-state index is 14.1. The molecule has 4 amide bonds. The summed E-state index contributed by atoms with van der Waals surface area (Å²) >= 11 is 0. The van der Waals surface area contributed by atoms with Crippen LogP contribution in [0.2, 0.25) is 0 Å². The van der Waals surface area contributed by atoms with Gasteiger partial charge in [0.15, 0.2) is 6.79 Å². The zero-order valence-corrected chi connectivity index (χ0v) is 34.6. The zero-order valence-electron chi connectivity index (χ0n) is 33.7. The third-order valence-electron chi connectivity index (χ3n) is 8.99. The first-order valence-electron chi connectivity index (χ1n) is 18.4. The number of alkyl carbamates (subject to hydrolysis) is 2. The summed E-state index contributed by atoms with van der Waals surface area (Å²) in [7, 11) is -2.62. The van der Waals surface area contributed by atoms with Crippen LogP contribution < -0.4 is 21.3 Å². The number of rotatable bonds is 18. The summed E-state index contributed by atoms with van der Waals surface area (Å²) in [5.74, 6) is -1.12. The van der Waals surface area contributed by atoms with Gasteiger partial charge in [-0.15, -0.1) is 0 Å². The van der Waals surface area contributed by atoms with E-state index >= 15 is 0 Å². The molecule has 0 aliphatic rings. The molecule has 1 aromatic heterocycles. The third-order valence-corrected chi connectivity index (χ3v) is 9.43. The Morgan fingerprint density at radius 1 is 0.702 bits per heavy atom. The number of aromatic nitrogens is 1. The first-order chi connectivity index (χ1) is 26.7. The Bertz CT molecular complexity index is 1800. The van der Waals surface area contributed by atoms with Gasteiger partial charge in [0.05, 0.1) is 32.1 Å². The Morgan fingerprint density at radius 2 is 1.23 bits per heavy atom. The highest BCUT2D eigenvalue weighted by Gasteiger charge is 2.38. The first kappa shape index (κ1) is 46.5. The summed E-state index contributed by atoms with van der Waals surface area (Å²) in [5.41, 5.74) is 1.66. The molecule has 2 unspecified atom stereocenters. The highest BCUT2D eigenvalue weighted by atomic mass is 31.2. The molecule has 17 heteroatoms. The predicted molar refractivity (Wildman–Crippen MR) is 212 cm³/mol. The number of hydrogen-bond donors (Lipinski definition) is 6. The molecule has 2 aromatic carbocycles. The SMILES string of the molecule is COC(=O)NC(C(=O)NC(Cc1ccc(-c2ccccn2)cc1)C[C@H](OCOP(=O)(O)O)[C@H](Cc1ccccc1)NC(=O)[C@@H](NC(=O)OC)C(C)(C)C)C(C)(C)C. The molecule has 0 fully saturated rings. The Hall–Kier alpha value is -4.86. The van der Waals surface area contributed by atoms with Gasteiger partial charge in [-0.3, -0.25) is 19.1 Å². The van der Waals surface area contributed by atoms with Crippen molar-refractivity contribution < 1.29 is 52.3 Å². The van der Waals surface area contributed by atoms with Gasteiger partial charge >= 0.3 is 20.0 Å². The lowest BCUT2D eigenvalue weighted by atomic mass is 9.85. The molecule has 6 N–H and O–H groups in total. The van der Waals surface area contributed by atoms with E-state index in [0.717, 1.165) is 22.4 Å². The number of methoxy groups -OCH3 is 2. The summed E-state index contributed by atoms with van der Waals surface area (Å²) in [5, 5.41) is 11.3. The predicted octanol–water partition coefficient (Wildman–Crippen LogP) is 4.89. The van der Waals surface area contributed by atoms with E-state index in [1.807, 2.05) is 72.8 Å². The molecule has 0 radical (unpaired) electrons. The minimum absolute atomic E-state index is 0.0320. The number of phosphoric acid groups is 1. The van der Waals surface area contributed by atoms with Crippen molar-refractivity contribution in [3.63, 3.8) is 0 Å². The summed E-state index contributed by atoms with van der Waals surface area (Å²) < 4.78 is 32.1. The lowest BCUT2D eigenvalue weighted by Gasteiger charge is -2.36. The summed E-state index contributed by atoms with van der Waals surface area (Å²) in [6, 6.07) is 18.5. The molecule has 0 spiro atoms. The van der Waals surface area contributed by atoms with Crippen LogP contribution in [0.5, 0.6) is 0 Å². The van der Waals surface area contributed by atoms with E-state index in [0.29, 0.717) is 0 Å². The van der Waals surface area contributed by atoms with Crippen molar-refractivity contribution in [1.29, 1.82) is 0 Å². The van der Waals surface area contributed by atoms with Gasteiger partial charge < -0.3 is 45.3 Å². The summed E-state index contributed by atoms with van der Waals surface area (Å²) in [4.78, 5) is 76.4. The highest BCUT2D eigenvalue weighted by Crippen LogP contribution is 2.36. The first-order valence-corrected chi connectivity index (χ1v) is 19.9. The largest absolute Gasteiger partial charge is 0.471 e. The summed E-state index contributed by atoms with van der Waals surface area (Å²) in [6.07, 6.45) is -0.645. The molecule has 0 aliphatic heterocycles. The monoisotopic (exact) mass is 813 g/mol. The quantitative estimate of drug-likeness (QED) is 0.0747. The molecule has 0 saturated carbocycles. The average molecular weight is 814 g/mol. The maximum Gasteiger partial charge on any atom is 0.471 e. The van der Waals surface area contributed by atoms with Crippen LogP contribution in [0.1, 0.15) is 59.1 Å². The number of nitrogens with one attached hydrogen (secondary N) is 4. The number of phosphoric ester groups is 1. The Labute approximate surface area is 334 Å². The average Bonchev–Trinajstić information content (AvgIpc) is 3.14. The smallest absolute Gasteiger partial charge is 0.453 e. The second kappa shape index (κ2) is 21.1. The highest BCUT2D eigenvalue weighted by molar-refractivity contribution is 7.46. The van der Waals surface area contributed by atoms with E-state index in [9.17, 15) is 33.5 Å². The van der Waals surface area contributed by atoms with Gasteiger partial charge in [0.2, 0.25) is 11.8 Å². The van der Waals surface area contributed by atoms with Crippen LogP contribution in [0.4, 0.5) is 9.59 Å². The van der Waals surface area contributed by atoms with Crippen LogP contribution in [-0.4, -0.2) is 90.1 Å². The van der Waals surface area contributed by atoms with Crippen LogP contribution >= 0.6 is 7.82 Å².